The normalized spacial score (nSPS) is 20.5. The van der Waals surface area contributed by atoms with E-state index in [4.69, 9.17) is 10.5 Å². The molecule has 3 N–H and O–H groups in total. The number of nitrogens with two attached hydrogens (primary N) is 1. The number of likely N-dealkylation sites (tertiary alicyclic amines) is 1. The minimum absolute atomic E-state index is 0. The smallest absolute Gasteiger partial charge is 0.244 e. The Hall–Kier alpha value is -1.45. The van der Waals surface area contributed by atoms with Crippen molar-refractivity contribution < 1.29 is 18.7 Å². The molecule has 1 aromatic rings. The van der Waals surface area contributed by atoms with E-state index in [0.717, 1.165) is 12.8 Å². The molecular formula is C20H31Cl2FN4O3. The van der Waals surface area contributed by atoms with Crippen LogP contribution in [-0.4, -0.2) is 74.1 Å². The van der Waals surface area contributed by atoms with Crippen molar-refractivity contribution in [2.45, 2.75) is 18.9 Å². The summed E-state index contributed by atoms with van der Waals surface area (Å²) in [6.07, 6.45) is 1.49. The van der Waals surface area contributed by atoms with Gasteiger partial charge in [0.05, 0.1) is 19.1 Å². The monoisotopic (exact) mass is 464 g/mol. The van der Waals surface area contributed by atoms with E-state index in [2.05, 4.69) is 5.32 Å². The van der Waals surface area contributed by atoms with Crippen LogP contribution in [0.5, 0.6) is 0 Å². The van der Waals surface area contributed by atoms with Crippen molar-refractivity contribution in [1.29, 1.82) is 0 Å². The molecule has 2 amide bonds. The van der Waals surface area contributed by atoms with E-state index < -0.39 is 6.04 Å². The van der Waals surface area contributed by atoms with Crippen LogP contribution in [0, 0.1) is 11.7 Å². The zero-order valence-corrected chi connectivity index (χ0v) is 18.6. The van der Waals surface area contributed by atoms with Crippen LogP contribution in [0.15, 0.2) is 24.3 Å². The molecule has 0 saturated carbocycles. The Morgan fingerprint density at radius 2 is 1.90 bits per heavy atom. The molecule has 0 aliphatic carbocycles. The lowest BCUT2D eigenvalue weighted by molar-refractivity contribution is -0.142. The minimum Gasteiger partial charge on any atom is -0.379 e. The fourth-order valence-corrected chi connectivity index (χ4v) is 3.92. The number of hydrogen-bond donors (Lipinski definition) is 2. The maximum Gasteiger partial charge on any atom is 0.244 e. The number of amides is 2. The number of piperidine rings is 1. The highest BCUT2D eigenvalue weighted by Crippen LogP contribution is 2.28. The van der Waals surface area contributed by atoms with Crippen LogP contribution in [0.1, 0.15) is 24.4 Å². The quantitative estimate of drug-likeness (QED) is 0.663. The molecule has 0 aromatic heterocycles. The second-order valence-corrected chi connectivity index (χ2v) is 7.28. The van der Waals surface area contributed by atoms with Gasteiger partial charge in [0.25, 0.3) is 0 Å². The molecule has 2 aliphatic rings. The zero-order chi connectivity index (χ0) is 19.9. The molecule has 7 nitrogen and oxygen atoms in total. The van der Waals surface area contributed by atoms with Gasteiger partial charge in [-0.05, 0) is 18.9 Å². The van der Waals surface area contributed by atoms with Gasteiger partial charge in [-0.15, -0.1) is 24.8 Å². The van der Waals surface area contributed by atoms with E-state index in [9.17, 15) is 14.0 Å². The van der Waals surface area contributed by atoms with Crippen molar-refractivity contribution in [3.63, 3.8) is 0 Å². The Balaban J connectivity index is 0.00000225. The van der Waals surface area contributed by atoms with Crippen molar-refractivity contribution in [3.05, 3.63) is 35.6 Å². The summed E-state index contributed by atoms with van der Waals surface area (Å²) in [5, 5.41) is 2.81. The molecule has 0 radical (unpaired) electrons. The van der Waals surface area contributed by atoms with Gasteiger partial charge in [0.1, 0.15) is 11.9 Å². The second-order valence-electron chi connectivity index (χ2n) is 7.28. The standard InChI is InChI=1S/C20H29FN4O3.2ClH/c21-17-6-2-1-5-16(17)18(24-10-12-28-13-11-24)20(27)25-9-3-4-15(14-25)19(26)23-8-7-22;;/h1-2,5-6,15,18H,3-4,7-14,22H2,(H,23,26);2*1H. The van der Waals surface area contributed by atoms with Gasteiger partial charge >= 0.3 is 0 Å². The van der Waals surface area contributed by atoms with Crippen LogP contribution in [0.25, 0.3) is 0 Å². The number of ether oxygens (including phenoxy) is 1. The van der Waals surface area contributed by atoms with E-state index in [-0.39, 0.29) is 48.4 Å². The van der Waals surface area contributed by atoms with E-state index in [0.29, 0.717) is 58.0 Å². The molecule has 2 saturated heterocycles. The molecule has 2 unspecified atom stereocenters. The largest absolute Gasteiger partial charge is 0.379 e. The van der Waals surface area contributed by atoms with Gasteiger partial charge in [0.15, 0.2) is 0 Å². The second kappa shape index (κ2) is 13.1. The molecule has 2 aliphatic heterocycles. The van der Waals surface area contributed by atoms with Crippen LogP contribution < -0.4 is 11.1 Å². The Kier molecular flexibility index (Phi) is 11.6. The summed E-state index contributed by atoms with van der Waals surface area (Å²) in [5.74, 6) is -0.864. The molecule has 2 fully saturated rings. The number of halogens is 3. The van der Waals surface area contributed by atoms with Gasteiger partial charge in [-0.3, -0.25) is 14.5 Å². The molecule has 10 heteroatoms. The predicted octanol–water partition coefficient (Wildman–Crippen LogP) is 1.36. The predicted molar refractivity (Wildman–Crippen MR) is 117 cm³/mol. The number of nitrogens with zero attached hydrogens (tertiary/aromatic N) is 2. The lowest BCUT2D eigenvalue weighted by atomic mass is 9.95. The highest BCUT2D eigenvalue weighted by atomic mass is 35.5. The van der Waals surface area contributed by atoms with Crippen LogP contribution in [0.2, 0.25) is 0 Å². The fourth-order valence-electron chi connectivity index (χ4n) is 3.92. The zero-order valence-electron chi connectivity index (χ0n) is 16.9. The van der Waals surface area contributed by atoms with Gasteiger partial charge < -0.3 is 20.7 Å². The molecule has 2 heterocycles. The Bertz CT molecular complexity index is 692. The Labute approximate surface area is 189 Å². The third-order valence-electron chi connectivity index (χ3n) is 5.39. The van der Waals surface area contributed by atoms with E-state index >= 15 is 0 Å². The molecule has 1 aromatic carbocycles. The van der Waals surface area contributed by atoms with Crippen molar-refractivity contribution in [1.82, 2.24) is 15.1 Å². The van der Waals surface area contributed by atoms with Gasteiger partial charge in [-0.25, -0.2) is 4.39 Å². The summed E-state index contributed by atoms with van der Waals surface area (Å²) in [5.41, 5.74) is 5.83. The Morgan fingerprint density at radius 1 is 1.20 bits per heavy atom. The summed E-state index contributed by atoms with van der Waals surface area (Å²) in [6.45, 7) is 3.91. The Morgan fingerprint density at radius 3 is 2.57 bits per heavy atom. The van der Waals surface area contributed by atoms with Gasteiger partial charge in [0, 0.05) is 44.8 Å². The van der Waals surface area contributed by atoms with Crippen molar-refractivity contribution >= 4 is 36.6 Å². The third-order valence-corrected chi connectivity index (χ3v) is 5.39. The summed E-state index contributed by atoms with van der Waals surface area (Å²) in [6, 6.07) is 5.73. The molecular weight excluding hydrogens is 434 g/mol. The maximum atomic E-state index is 14.6. The van der Waals surface area contributed by atoms with Crippen molar-refractivity contribution in [3.8, 4) is 0 Å². The minimum atomic E-state index is -0.698. The highest BCUT2D eigenvalue weighted by Gasteiger charge is 2.37. The first-order valence-electron chi connectivity index (χ1n) is 9.94. The van der Waals surface area contributed by atoms with Gasteiger partial charge in [0.2, 0.25) is 11.8 Å². The molecule has 170 valence electrons. The van der Waals surface area contributed by atoms with Crippen LogP contribution in [0.4, 0.5) is 4.39 Å². The van der Waals surface area contributed by atoms with E-state index in [1.807, 2.05) is 4.90 Å². The van der Waals surface area contributed by atoms with Crippen molar-refractivity contribution in [2.75, 3.05) is 52.5 Å². The lowest BCUT2D eigenvalue weighted by Crippen LogP contribution is -2.51. The number of benzene rings is 1. The van der Waals surface area contributed by atoms with Crippen molar-refractivity contribution in [2.24, 2.45) is 11.7 Å². The molecule has 3 rings (SSSR count). The summed E-state index contributed by atoms with van der Waals surface area (Å²) < 4.78 is 20.0. The van der Waals surface area contributed by atoms with Crippen LogP contribution >= 0.6 is 24.8 Å². The maximum absolute atomic E-state index is 14.6. The number of rotatable bonds is 6. The number of carbonyl (C=O) groups excluding carboxylic acids is 2. The average molecular weight is 465 g/mol. The number of morpholine rings is 1. The highest BCUT2D eigenvalue weighted by molar-refractivity contribution is 5.86. The summed E-state index contributed by atoms with van der Waals surface area (Å²) >= 11 is 0. The number of hydrogen-bond acceptors (Lipinski definition) is 5. The number of carbonyl (C=O) groups is 2. The van der Waals surface area contributed by atoms with Crippen LogP contribution in [0.3, 0.4) is 0 Å². The summed E-state index contributed by atoms with van der Waals surface area (Å²) in [4.78, 5) is 29.5. The molecule has 0 spiro atoms. The molecule has 2 atom stereocenters. The van der Waals surface area contributed by atoms with Gasteiger partial charge in [-0.2, -0.15) is 0 Å². The fraction of sp³-hybridized carbons (Fsp3) is 0.600. The first kappa shape index (κ1) is 26.6. The number of nitrogens with one attached hydrogen (secondary N) is 1. The van der Waals surface area contributed by atoms with Gasteiger partial charge in [-0.1, -0.05) is 18.2 Å². The lowest BCUT2D eigenvalue weighted by Gasteiger charge is -2.39. The first-order chi connectivity index (χ1) is 13.6. The van der Waals surface area contributed by atoms with Crippen LogP contribution in [-0.2, 0) is 14.3 Å². The first-order valence-corrected chi connectivity index (χ1v) is 9.94. The van der Waals surface area contributed by atoms with E-state index in [1.54, 1.807) is 23.1 Å². The SMILES string of the molecule is Cl.Cl.NCCNC(=O)C1CCCN(C(=O)C(c2ccccc2F)N2CCOCC2)C1. The average Bonchev–Trinajstić information content (AvgIpc) is 2.74. The molecule has 0 bridgehead atoms. The third kappa shape index (κ3) is 6.52. The van der Waals surface area contributed by atoms with E-state index in [1.165, 1.54) is 6.07 Å². The topological polar surface area (TPSA) is 87.9 Å². The summed E-state index contributed by atoms with van der Waals surface area (Å²) in [7, 11) is 0. The molecule has 30 heavy (non-hydrogen) atoms.